The van der Waals surface area contributed by atoms with E-state index in [2.05, 4.69) is 17.1 Å². The molecule has 1 amide bonds. The second-order valence-corrected chi connectivity index (χ2v) is 5.18. The Morgan fingerprint density at radius 2 is 2.28 bits per heavy atom. The highest BCUT2D eigenvalue weighted by Gasteiger charge is 2.52. The third-order valence-corrected chi connectivity index (χ3v) is 4.04. The summed E-state index contributed by atoms with van der Waals surface area (Å²) < 4.78 is 5.15. The molecule has 98 valence electrons. The Morgan fingerprint density at radius 3 is 2.78 bits per heavy atom. The monoisotopic (exact) mass is 249 g/mol. The van der Waals surface area contributed by atoms with Crippen LogP contribution in [-0.4, -0.2) is 24.7 Å². The molecule has 0 N–H and O–H groups in total. The van der Waals surface area contributed by atoms with E-state index in [1.807, 2.05) is 6.92 Å². The number of carbonyl (C=O) groups excluding carboxylic acids is 2. The molecule has 0 aromatic rings. The average Bonchev–Trinajstić information content (AvgIpc) is 2.94. The highest BCUT2D eigenvalue weighted by atomic mass is 16.5. The number of carbonyl (C=O) groups is 2. The zero-order chi connectivity index (χ0) is 13.2. The molecule has 1 fully saturated rings. The summed E-state index contributed by atoms with van der Waals surface area (Å²) in [5.74, 6) is 0.811. The molecule has 2 aliphatic rings. The van der Waals surface area contributed by atoms with Crippen molar-refractivity contribution in [3.8, 4) is 0 Å². The van der Waals surface area contributed by atoms with Crippen LogP contribution >= 0.6 is 0 Å². The third-order valence-electron chi connectivity index (χ3n) is 4.04. The fraction of sp³-hybridized carbons (Fsp3) is 0.643. The summed E-state index contributed by atoms with van der Waals surface area (Å²) in [5, 5.41) is 0. The van der Waals surface area contributed by atoms with Gasteiger partial charge in [0.1, 0.15) is 12.4 Å². The lowest BCUT2D eigenvalue weighted by atomic mass is 9.73. The predicted octanol–water partition coefficient (Wildman–Crippen LogP) is 2.78. The van der Waals surface area contributed by atoms with Crippen molar-refractivity contribution in [1.29, 1.82) is 0 Å². The highest BCUT2D eigenvalue weighted by molar-refractivity contribution is 5.85. The molecule has 0 aromatic heterocycles. The molecule has 0 aliphatic heterocycles. The summed E-state index contributed by atoms with van der Waals surface area (Å²) >= 11 is 0. The molecular weight excluding hydrogens is 230 g/mol. The maximum atomic E-state index is 11.9. The third kappa shape index (κ3) is 2.24. The standard InChI is InChI=1S/C14H19NO3/c1-3-6-15-13(17)18-9-14(10(2)16)8-11-4-5-12(14)7-11/h4-6,11-12H,3,7-9H2,1-2H3. The van der Waals surface area contributed by atoms with Gasteiger partial charge in [0.2, 0.25) is 0 Å². The molecule has 3 atom stereocenters. The number of ketones is 1. The Hall–Kier alpha value is -1.45. The van der Waals surface area contributed by atoms with Gasteiger partial charge in [0.25, 0.3) is 0 Å². The Bertz CT molecular complexity index is 413. The fourth-order valence-corrected chi connectivity index (χ4v) is 3.02. The number of fused-ring (bicyclic) bond motifs is 2. The van der Waals surface area contributed by atoms with Crippen molar-refractivity contribution in [2.75, 3.05) is 6.61 Å². The van der Waals surface area contributed by atoms with Crippen molar-refractivity contribution in [3.63, 3.8) is 0 Å². The average molecular weight is 249 g/mol. The molecule has 2 rings (SSSR count). The Morgan fingerprint density at radius 1 is 1.50 bits per heavy atom. The van der Waals surface area contributed by atoms with Crippen LogP contribution in [0, 0.1) is 17.3 Å². The number of ether oxygens (including phenoxy) is 1. The van der Waals surface area contributed by atoms with Crippen molar-refractivity contribution in [3.05, 3.63) is 12.2 Å². The van der Waals surface area contributed by atoms with Gasteiger partial charge in [-0.1, -0.05) is 19.1 Å². The van der Waals surface area contributed by atoms with Crippen LogP contribution in [0.15, 0.2) is 17.1 Å². The van der Waals surface area contributed by atoms with Gasteiger partial charge in [-0.25, -0.2) is 4.79 Å². The number of allylic oxidation sites excluding steroid dienone is 2. The summed E-state index contributed by atoms with van der Waals surface area (Å²) in [6.45, 7) is 3.65. The summed E-state index contributed by atoms with van der Waals surface area (Å²) in [6, 6.07) is 0. The van der Waals surface area contributed by atoms with Crippen LogP contribution in [0.5, 0.6) is 0 Å². The SMILES string of the molecule is CCC=NC(=O)OCC1(C(C)=O)CC2C=CC1C2. The molecule has 4 heteroatoms. The quantitative estimate of drug-likeness (QED) is 0.568. The van der Waals surface area contributed by atoms with E-state index in [1.165, 1.54) is 6.21 Å². The van der Waals surface area contributed by atoms with Crippen molar-refractivity contribution in [2.45, 2.75) is 33.1 Å². The van der Waals surface area contributed by atoms with Crippen LogP contribution in [0.3, 0.4) is 0 Å². The van der Waals surface area contributed by atoms with Crippen LogP contribution in [0.4, 0.5) is 4.79 Å². The predicted molar refractivity (Wildman–Crippen MR) is 68.6 cm³/mol. The first-order chi connectivity index (χ1) is 8.58. The summed E-state index contributed by atoms with van der Waals surface area (Å²) in [6.07, 6.45) is 7.69. The lowest BCUT2D eigenvalue weighted by Crippen LogP contribution is -2.38. The largest absolute Gasteiger partial charge is 0.447 e. The number of rotatable bonds is 4. The number of nitrogens with zero attached hydrogens (tertiary/aromatic N) is 1. The van der Waals surface area contributed by atoms with Crippen molar-refractivity contribution >= 4 is 18.1 Å². The maximum Gasteiger partial charge on any atom is 0.433 e. The van der Waals surface area contributed by atoms with Gasteiger partial charge >= 0.3 is 6.09 Å². The molecule has 1 saturated carbocycles. The highest BCUT2D eigenvalue weighted by Crippen LogP contribution is 2.52. The van der Waals surface area contributed by atoms with E-state index in [-0.39, 0.29) is 18.3 Å². The van der Waals surface area contributed by atoms with Gasteiger partial charge in [-0.05, 0) is 38.0 Å². The summed E-state index contributed by atoms with van der Waals surface area (Å²) in [5.41, 5.74) is -0.503. The first-order valence-electron chi connectivity index (χ1n) is 6.47. The lowest BCUT2D eigenvalue weighted by molar-refractivity contribution is -0.130. The molecule has 18 heavy (non-hydrogen) atoms. The number of aliphatic imine (C=N–C) groups is 1. The fourth-order valence-electron chi connectivity index (χ4n) is 3.02. The zero-order valence-corrected chi connectivity index (χ0v) is 10.9. The van der Waals surface area contributed by atoms with Crippen LogP contribution in [0.2, 0.25) is 0 Å². The Kier molecular flexibility index (Phi) is 3.64. The zero-order valence-electron chi connectivity index (χ0n) is 10.9. The second-order valence-electron chi connectivity index (χ2n) is 5.18. The molecule has 0 aromatic carbocycles. The van der Waals surface area contributed by atoms with Crippen LogP contribution in [-0.2, 0) is 9.53 Å². The van der Waals surface area contributed by atoms with Crippen molar-refractivity contribution < 1.29 is 14.3 Å². The minimum atomic E-state index is -0.593. The van der Waals surface area contributed by atoms with E-state index < -0.39 is 11.5 Å². The van der Waals surface area contributed by atoms with Crippen molar-refractivity contribution in [1.82, 2.24) is 0 Å². The molecule has 2 aliphatic carbocycles. The molecule has 3 unspecified atom stereocenters. The van der Waals surface area contributed by atoms with E-state index in [0.29, 0.717) is 12.3 Å². The van der Waals surface area contributed by atoms with Gasteiger partial charge in [0.05, 0.1) is 5.41 Å². The number of hydrogen-bond acceptors (Lipinski definition) is 3. The summed E-state index contributed by atoms with van der Waals surface area (Å²) in [7, 11) is 0. The number of amides is 1. The first-order valence-corrected chi connectivity index (χ1v) is 6.47. The van der Waals surface area contributed by atoms with Crippen LogP contribution < -0.4 is 0 Å². The van der Waals surface area contributed by atoms with E-state index in [9.17, 15) is 9.59 Å². The van der Waals surface area contributed by atoms with E-state index in [0.717, 1.165) is 12.8 Å². The smallest absolute Gasteiger partial charge is 0.433 e. The minimum Gasteiger partial charge on any atom is -0.447 e. The Labute approximate surface area is 107 Å². The normalized spacial score (nSPS) is 33.2. The van der Waals surface area contributed by atoms with Crippen LogP contribution in [0.25, 0.3) is 0 Å². The van der Waals surface area contributed by atoms with Crippen LogP contribution in [0.1, 0.15) is 33.1 Å². The second kappa shape index (κ2) is 5.04. The van der Waals surface area contributed by atoms with Gasteiger partial charge in [0, 0.05) is 6.21 Å². The van der Waals surface area contributed by atoms with Gasteiger partial charge in [0.15, 0.2) is 0 Å². The lowest BCUT2D eigenvalue weighted by Gasteiger charge is -2.31. The molecule has 0 spiro atoms. The Balaban J connectivity index is 2.01. The van der Waals surface area contributed by atoms with Gasteiger partial charge in [-0.15, -0.1) is 0 Å². The molecule has 2 bridgehead atoms. The molecule has 0 saturated heterocycles. The first kappa shape index (κ1) is 13.0. The van der Waals surface area contributed by atoms with E-state index in [4.69, 9.17) is 4.74 Å². The number of hydrogen-bond donors (Lipinski definition) is 0. The topological polar surface area (TPSA) is 55.7 Å². The van der Waals surface area contributed by atoms with Gasteiger partial charge < -0.3 is 4.74 Å². The van der Waals surface area contributed by atoms with Crippen molar-refractivity contribution in [2.24, 2.45) is 22.2 Å². The van der Waals surface area contributed by atoms with Gasteiger partial charge in [-0.2, -0.15) is 4.99 Å². The number of Topliss-reactive ketones (excluding diaryl/α,β-unsaturated/α-hetero) is 1. The van der Waals surface area contributed by atoms with E-state index in [1.54, 1.807) is 6.92 Å². The summed E-state index contributed by atoms with van der Waals surface area (Å²) in [4.78, 5) is 26.9. The molecular formula is C14H19NO3. The molecule has 4 nitrogen and oxygen atoms in total. The molecule has 0 radical (unpaired) electrons. The maximum absolute atomic E-state index is 11.9. The van der Waals surface area contributed by atoms with Gasteiger partial charge in [-0.3, -0.25) is 4.79 Å². The molecule has 0 heterocycles. The van der Waals surface area contributed by atoms with E-state index >= 15 is 0 Å². The minimum absolute atomic E-state index is 0.117.